The fraction of sp³-hybridized carbons (Fsp3) is 0.385. The zero-order valence-electron chi connectivity index (χ0n) is 18.4. The highest BCUT2D eigenvalue weighted by Crippen LogP contribution is 2.52. The first-order valence-electron chi connectivity index (χ1n) is 11.9. The summed E-state index contributed by atoms with van der Waals surface area (Å²) in [7, 11) is 0. The van der Waals surface area contributed by atoms with Crippen molar-refractivity contribution < 1.29 is 9.90 Å². The minimum atomic E-state index is -0.288. The molecule has 2 aromatic heterocycles. The third kappa shape index (κ3) is 2.78. The number of aromatic nitrogens is 2. The van der Waals surface area contributed by atoms with E-state index in [-0.39, 0.29) is 17.4 Å². The molecule has 1 saturated carbocycles. The SMILES string of the molecule is Nc1cc(-c2cc3c(cn2)CCc2c-3[nH]c3c2C(=O)NCC32CC2)ccc1N1CCC(O)C1. The van der Waals surface area contributed by atoms with Crippen molar-refractivity contribution in [3.8, 4) is 22.5 Å². The molecule has 4 heterocycles. The first-order chi connectivity index (χ1) is 16.0. The van der Waals surface area contributed by atoms with E-state index in [1.54, 1.807) is 0 Å². The highest BCUT2D eigenvalue weighted by Gasteiger charge is 2.51. The van der Waals surface area contributed by atoms with E-state index in [1.165, 1.54) is 5.56 Å². The number of hydrogen-bond donors (Lipinski definition) is 4. The number of aromatic amines is 1. The maximum Gasteiger partial charge on any atom is 0.253 e. The Morgan fingerprint density at radius 3 is 2.85 bits per heavy atom. The van der Waals surface area contributed by atoms with E-state index in [2.05, 4.69) is 27.3 Å². The fourth-order valence-electron chi connectivity index (χ4n) is 5.97. The molecule has 5 N–H and O–H groups in total. The van der Waals surface area contributed by atoms with Crippen molar-refractivity contribution in [1.82, 2.24) is 15.3 Å². The van der Waals surface area contributed by atoms with E-state index in [1.807, 2.05) is 18.3 Å². The number of anilines is 2. The van der Waals surface area contributed by atoms with E-state index < -0.39 is 0 Å². The van der Waals surface area contributed by atoms with Crippen LogP contribution in [0.15, 0.2) is 30.5 Å². The highest BCUT2D eigenvalue weighted by molar-refractivity contribution is 6.01. The third-order valence-electron chi connectivity index (χ3n) is 8.03. The summed E-state index contributed by atoms with van der Waals surface area (Å²) in [5, 5.41) is 13.0. The smallest absolute Gasteiger partial charge is 0.253 e. The van der Waals surface area contributed by atoms with Crippen LogP contribution in [0.2, 0.25) is 0 Å². The van der Waals surface area contributed by atoms with Crippen LogP contribution in [0.5, 0.6) is 0 Å². The second-order valence-electron chi connectivity index (χ2n) is 10.1. The predicted octanol–water partition coefficient (Wildman–Crippen LogP) is 2.77. The van der Waals surface area contributed by atoms with Crippen molar-refractivity contribution in [2.24, 2.45) is 0 Å². The lowest BCUT2D eigenvalue weighted by Crippen LogP contribution is -2.39. The molecule has 1 spiro atoms. The van der Waals surface area contributed by atoms with Gasteiger partial charge in [0, 0.05) is 48.1 Å². The molecule has 1 saturated heterocycles. The lowest BCUT2D eigenvalue weighted by atomic mass is 9.86. The van der Waals surface area contributed by atoms with E-state index in [9.17, 15) is 9.90 Å². The van der Waals surface area contributed by atoms with Crippen LogP contribution in [-0.2, 0) is 18.3 Å². The molecule has 1 atom stereocenters. The number of rotatable bonds is 2. The molecule has 7 rings (SSSR count). The van der Waals surface area contributed by atoms with Crippen molar-refractivity contribution in [1.29, 1.82) is 0 Å². The van der Waals surface area contributed by atoms with Gasteiger partial charge in [-0.3, -0.25) is 9.78 Å². The van der Waals surface area contributed by atoms with Gasteiger partial charge in [-0.2, -0.15) is 0 Å². The van der Waals surface area contributed by atoms with Crippen molar-refractivity contribution in [2.75, 3.05) is 30.3 Å². The molecule has 2 aliphatic carbocycles. The van der Waals surface area contributed by atoms with Crippen LogP contribution in [0, 0.1) is 0 Å². The van der Waals surface area contributed by atoms with Crippen LogP contribution in [0.25, 0.3) is 22.5 Å². The molecule has 0 bridgehead atoms. The summed E-state index contributed by atoms with van der Waals surface area (Å²) in [6.07, 6.45) is 6.47. The van der Waals surface area contributed by atoms with Crippen LogP contribution in [0.1, 0.15) is 46.4 Å². The maximum absolute atomic E-state index is 12.8. The summed E-state index contributed by atoms with van der Waals surface area (Å²) < 4.78 is 0. The average Bonchev–Trinajstić information content (AvgIpc) is 3.27. The normalized spacial score (nSPS) is 22.0. The number of aliphatic hydroxyl groups excluding tert-OH is 1. The summed E-state index contributed by atoms with van der Waals surface area (Å²) in [5.41, 5.74) is 16.7. The third-order valence-corrected chi connectivity index (χ3v) is 8.03. The standard InChI is InChI=1S/C26H27N5O2/c27-19-9-14(2-4-21(19)31-8-5-16(32)12-31)20-10-18-15(11-28-20)1-3-17-22-24(30-23(17)18)26(6-7-26)13-29-25(22)33/h2,4,9-11,16,30,32H,1,3,5-8,12-13,27H2,(H,29,33). The van der Waals surface area contributed by atoms with E-state index in [4.69, 9.17) is 10.7 Å². The summed E-state index contributed by atoms with van der Waals surface area (Å²) in [5.74, 6) is 0.0631. The van der Waals surface area contributed by atoms with Crippen molar-refractivity contribution in [3.63, 3.8) is 0 Å². The number of aliphatic hydroxyl groups is 1. The molecular formula is C26H27N5O2. The quantitative estimate of drug-likeness (QED) is 0.458. The minimum absolute atomic E-state index is 0.0631. The Labute approximate surface area is 192 Å². The number of β-amino-alcohol motifs (C(OH)–C–C–N with tert-alkyl or cyclic N) is 1. The number of benzene rings is 1. The number of fused-ring (bicyclic) bond motifs is 6. The first kappa shape index (κ1) is 19.2. The number of nitrogens with one attached hydrogen (secondary N) is 2. The lowest BCUT2D eigenvalue weighted by Gasteiger charge is -2.23. The second kappa shape index (κ2) is 6.60. The van der Waals surface area contributed by atoms with Gasteiger partial charge in [-0.25, -0.2) is 0 Å². The molecule has 33 heavy (non-hydrogen) atoms. The molecule has 168 valence electrons. The number of hydrogen-bond acceptors (Lipinski definition) is 5. The Kier molecular flexibility index (Phi) is 3.84. The Balaban J connectivity index is 1.29. The van der Waals surface area contributed by atoms with Gasteiger partial charge in [-0.1, -0.05) is 6.07 Å². The Bertz CT molecular complexity index is 1320. The van der Waals surface area contributed by atoms with Gasteiger partial charge in [-0.15, -0.1) is 0 Å². The fourth-order valence-corrected chi connectivity index (χ4v) is 5.97. The van der Waals surface area contributed by atoms with Crippen LogP contribution < -0.4 is 16.0 Å². The van der Waals surface area contributed by atoms with Crippen molar-refractivity contribution in [3.05, 3.63) is 52.8 Å². The number of nitrogens with two attached hydrogens (primary N) is 1. The number of carbonyl (C=O) groups is 1. The Morgan fingerprint density at radius 2 is 2.09 bits per heavy atom. The molecule has 2 fully saturated rings. The molecule has 7 heteroatoms. The van der Waals surface area contributed by atoms with E-state index in [0.717, 1.165) is 90.2 Å². The zero-order chi connectivity index (χ0) is 22.3. The second-order valence-corrected chi connectivity index (χ2v) is 10.1. The predicted molar refractivity (Wildman–Crippen MR) is 127 cm³/mol. The first-order valence-corrected chi connectivity index (χ1v) is 11.9. The van der Waals surface area contributed by atoms with Gasteiger partial charge in [0.2, 0.25) is 0 Å². The summed E-state index contributed by atoms with van der Waals surface area (Å²) in [6, 6.07) is 8.21. The average molecular weight is 442 g/mol. The molecule has 1 aromatic carbocycles. The largest absolute Gasteiger partial charge is 0.397 e. The molecule has 4 aliphatic rings. The number of nitrogens with zero attached hydrogens (tertiary/aromatic N) is 2. The van der Waals surface area contributed by atoms with E-state index in [0.29, 0.717) is 12.2 Å². The summed E-state index contributed by atoms with van der Waals surface area (Å²) >= 11 is 0. The molecule has 3 aromatic rings. The number of H-pyrrole nitrogens is 1. The molecular weight excluding hydrogens is 414 g/mol. The van der Waals surface area contributed by atoms with E-state index >= 15 is 0 Å². The maximum atomic E-state index is 12.8. The van der Waals surface area contributed by atoms with Crippen LogP contribution in [0.4, 0.5) is 11.4 Å². The number of aryl methyl sites for hydroxylation is 1. The number of amides is 1. The van der Waals surface area contributed by atoms with Crippen LogP contribution >= 0.6 is 0 Å². The molecule has 1 unspecified atom stereocenters. The highest BCUT2D eigenvalue weighted by atomic mass is 16.3. The lowest BCUT2D eigenvalue weighted by molar-refractivity contribution is 0.0936. The van der Waals surface area contributed by atoms with Crippen molar-refractivity contribution >= 4 is 17.3 Å². The van der Waals surface area contributed by atoms with Gasteiger partial charge < -0.3 is 26.0 Å². The Morgan fingerprint density at radius 1 is 1.21 bits per heavy atom. The number of carbonyl (C=O) groups excluding carboxylic acids is 1. The van der Waals surface area contributed by atoms with Gasteiger partial charge in [0.1, 0.15) is 0 Å². The number of pyridine rings is 1. The topological polar surface area (TPSA) is 107 Å². The van der Waals surface area contributed by atoms with Gasteiger partial charge in [-0.05, 0) is 61.4 Å². The monoisotopic (exact) mass is 441 g/mol. The Hall–Kier alpha value is -3.32. The molecule has 7 nitrogen and oxygen atoms in total. The van der Waals surface area contributed by atoms with Crippen LogP contribution in [0.3, 0.4) is 0 Å². The van der Waals surface area contributed by atoms with Gasteiger partial charge in [0.15, 0.2) is 0 Å². The minimum Gasteiger partial charge on any atom is -0.397 e. The summed E-state index contributed by atoms with van der Waals surface area (Å²) in [6.45, 7) is 2.18. The molecule has 2 aliphatic heterocycles. The molecule has 1 amide bonds. The van der Waals surface area contributed by atoms with Crippen molar-refractivity contribution in [2.45, 2.75) is 43.6 Å². The zero-order valence-corrected chi connectivity index (χ0v) is 18.4. The number of nitrogen functional groups attached to an aromatic ring is 1. The molecule has 0 radical (unpaired) electrons. The summed E-state index contributed by atoms with van der Waals surface area (Å²) in [4.78, 5) is 23.3. The van der Waals surface area contributed by atoms with Crippen LogP contribution in [-0.4, -0.2) is 46.7 Å². The van der Waals surface area contributed by atoms with Gasteiger partial charge in [0.05, 0.1) is 34.4 Å². The van der Waals surface area contributed by atoms with Gasteiger partial charge >= 0.3 is 0 Å². The van der Waals surface area contributed by atoms with Gasteiger partial charge in [0.25, 0.3) is 5.91 Å².